The van der Waals surface area contributed by atoms with Gasteiger partial charge in [-0.2, -0.15) is 0 Å². The van der Waals surface area contributed by atoms with Crippen molar-refractivity contribution in [3.8, 4) is 0 Å². The summed E-state index contributed by atoms with van der Waals surface area (Å²) in [6.45, 7) is 3.69. The zero-order valence-corrected chi connectivity index (χ0v) is 7.04. The minimum Gasteiger partial charge on any atom is -0.445 e. The molecule has 0 aliphatic carbocycles. The van der Waals surface area contributed by atoms with Crippen LogP contribution in [0.25, 0.3) is 0 Å². The minimum atomic E-state index is -0.492. The topological polar surface area (TPSA) is 58.6 Å². The Balaban J connectivity index is 3.57. The normalized spacial score (nSPS) is 9.83. The highest BCUT2D eigenvalue weighted by atomic mass is 16.5. The number of aliphatic hydroxyl groups is 1. The second-order valence-electron chi connectivity index (χ2n) is 2.07. The fourth-order valence-electron chi connectivity index (χ4n) is 0.498. The van der Waals surface area contributed by atoms with Crippen LogP contribution in [0, 0.1) is 0 Å². The molecular formula is C8H13NO3. The summed E-state index contributed by atoms with van der Waals surface area (Å²) in [4.78, 5) is 10.5. The number of nitrogens with one attached hydrogen (secondary N) is 1. The molecule has 4 nitrogen and oxygen atoms in total. The molecule has 0 aliphatic rings. The molecular weight excluding hydrogens is 158 g/mol. The average Bonchev–Trinajstić information content (AvgIpc) is 2.10. The molecule has 0 aromatic carbocycles. The Labute approximate surface area is 71.5 Å². The van der Waals surface area contributed by atoms with Gasteiger partial charge in [-0.1, -0.05) is 18.7 Å². The van der Waals surface area contributed by atoms with E-state index in [1.165, 1.54) is 13.1 Å². The maximum atomic E-state index is 10.5. The molecule has 2 N–H and O–H groups in total. The van der Waals surface area contributed by atoms with Crippen molar-refractivity contribution in [2.45, 2.75) is 0 Å². The number of ether oxygens (including phenoxy) is 1. The van der Waals surface area contributed by atoms with Crippen molar-refractivity contribution in [2.75, 3.05) is 20.3 Å². The lowest BCUT2D eigenvalue weighted by atomic mass is 10.3. The van der Waals surface area contributed by atoms with Crippen molar-refractivity contribution in [2.24, 2.45) is 0 Å². The average molecular weight is 171 g/mol. The predicted molar refractivity (Wildman–Crippen MR) is 45.8 cm³/mol. The van der Waals surface area contributed by atoms with E-state index in [0.717, 1.165) is 0 Å². The third kappa shape index (κ3) is 5.49. The fraction of sp³-hybridized carbons (Fsp3) is 0.375. The van der Waals surface area contributed by atoms with Crippen LogP contribution in [0.2, 0.25) is 0 Å². The Morgan fingerprint density at radius 1 is 1.75 bits per heavy atom. The van der Waals surface area contributed by atoms with Crippen molar-refractivity contribution in [1.82, 2.24) is 5.32 Å². The third-order valence-corrected chi connectivity index (χ3v) is 1.05. The second kappa shape index (κ2) is 6.42. The molecule has 0 saturated carbocycles. The van der Waals surface area contributed by atoms with E-state index in [-0.39, 0.29) is 13.2 Å². The highest BCUT2D eigenvalue weighted by Crippen LogP contribution is 1.93. The van der Waals surface area contributed by atoms with Gasteiger partial charge in [0.2, 0.25) is 0 Å². The van der Waals surface area contributed by atoms with E-state index in [0.29, 0.717) is 5.57 Å². The number of hydrogen-bond acceptors (Lipinski definition) is 3. The first-order valence-electron chi connectivity index (χ1n) is 3.50. The van der Waals surface area contributed by atoms with E-state index in [1.807, 2.05) is 0 Å². The summed E-state index contributed by atoms with van der Waals surface area (Å²) < 4.78 is 4.67. The summed E-state index contributed by atoms with van der Waals surface area (Å²) in [5, 5.41) is 10.7. The predicted octanol–water partition coefficient (Wildman–Crippen LogP) is 0.447. The Hall–Kier alpha value is -1.29. The van der Waals surface area contributed by atoms with Gasteiger partial charge in [-0.05, 0) is 5.57 Å². The summed E-state index contributed by atoms with van der Waals surface area (Å²) in [6, 6.07) is 0. The fourth-order valence-corrected chi connectivity index (χ4v) is 0.498. The lowest BCUT2D eigenvalue weighted by Gasteiger charge is -2.02. The standard InChI is InChI=1S/C8H13NO3/c1-7(4-3-5-10)6-12-8(11)9-2/h3-4,10H,1,5-6H2,2H3,(H,9,11)/b4-3+. The number of rotatable bonds is 4. The maximum absolute atomic E-state index is 10.5. The molecule has 0 radical (unpaired) electrons. The van der Waals surface area contributed by atoms with Gasteiger partial charge in [-0.25, -0.2) is 4.79 Å². The van der Waals surface area contributed by atoms with Crippen LogP contribution >= 0.6 is 0 Å². The van der Waals surface area contributed by atoms with Crippen molar-refractivity contribution in [3.63, 3.8) is 0 Å². The maximum Gasteiger partial charge on any atom is 0.407 e. The first-order valence-corrected chi connectivity index (χ1v) is 3.50. The number of alkyl carbamates (subject to hydrolysis) is 1. The number of carbonyl (C=O) groups is 1. The first kappa shape index (κ1) is 10.7. The van der Waals surface area contributed by atoms with Crippen molar-refractivity contribution in [1.29, 1.82) is 0 Å². The lowest BCUT2D eigenvalue weighted by molar-refractivity contribution is 0.159. The second-order valence-corrected chi connectivity index (χ2v) is 2.07. The number of amides is 1. The smallest absolute Gasteiger partial charge is 0.407 e. The molecule has 0 aromatic heterocycles. The summed E-state index contributed by atoms with van der Waals surface area (Å²) in [5.41, 5.74) is 0.632. The minimum absolute atomic E-state index is 0.0427. The quantitative estimate of drug-likeness (QED) is 0.604. The van der Waals surface area contributed by atoms with E-state index < -0.39 is 6.09 Å². The van der Waals surface area contributed by atoms with Gasteiger partial charge < -0.3 is 15.2 Å². The number of aliphatic hydroxyl groups excluding tert-OH is 1. The van der Waals surface area contributed by atoms with E-state index >= 15 is 0 Å². The SMILES string of the molecule is C=C(/C=C/CO)COC(=O)NC. The molecule has 0 rings (SSSR count). The molecule has 0 aromatic rings. The van der Waals surface area contributed by atoms with Gasteiger partial charge in [-0.3, -0.25) is 0 Å². The summed E-state index contributed by atoms with van der Waals surface area (Å²) >= 11 is 0. The van der Waals surface area contributed by atoms with Gasteiger partial charge in [0.25, 0.3) is 0 Å². The molecule has 0 unspecified atom stereocenters. The Morgan fingerprint density at radius 3 is 2.92 bits per heavy atom. The molecule has 0 bridgehead atoms. The highest BCUT2D eigenvalue weighted by molar-refractivity contribution is 5.66. The molecule has 0 fully saturated rings. The van der Waals surface area contributed by atoms with Gasteiger partial charge in [0, 0.05) is 7.05 Å². The molecule has 0 saturated heterocycles. The zero-order valence-electron chi connectivity index (χ0n) is 7.04. The van der Waals surface area contributed by atoms with E-state index in [4.69, 9.17) is 5.11 Å². The Bertz CT molecular complexity index is 187. The van der Waals surface area contributed by atoms with Gasteiger partial charge in [0.15, 0.2) is 0 Å². The first-order chi connectivity index (χ1) is 5.70. The molecule has 12 heavy (non-hydrogen) atoms. The zero-order chi connectivity index (χ0) is 9.40. The summed E-state index contributed by atoms with van der Waals surface area (Å²) in [7, 11) is 1.48. The Kier molecular flexibility index (Phi) is 5.73. The molecule has 1 amide bonds. The van der Waals surface area contributed by atoms with E-state index in [1.54, 1.807) is 6.08 Å². The van der Waals surface area contributed by atoms with Crippen LogP contribution in [-0.2, 0) is 4.74 Å². The van der Waals surface area contributed by atoms with Gasteiger partial charge >= 0.3 is 6.09 Å². The van der Waals surface area contributed by atoms with Crippen LogP contribution in [0.3, 0.4) is 0 Å². The largest absolute Gasteiger partial charge is 0.445 e. The summed E-state index contributed by atoms with van der Waals surface area (Å²) in [6.07, 6.45) is 2.63. The van der Waals surface area contributed by atoms with Crippen molar-refractivity contribution in [3.05, 3.63) is 24.3 Å². The molecule has 0 atom stereocenters. The van der Waals surface area contributed by atoms with E-state index in [2.05, 4.69) is 16.6 Å². The van der Waals surface area contributed by atoms with Crippen LogP contribution in [0.15, 0.2) is 24.3 Å². The molecule has 68 valence electrons. The lowest BCUT2D eigenvalue weighted by Crippen LogP contribution is -2.19. The molecule has 0 aliphatic heterocycles. The highest BCUT2D eigenvalue weighted by Gasteiger charge is 1.96. The number of carbonyl (C=O) groups excluding carboxylic acids is 1. The van der Waals surface area contributed by atoms with Crippen LogP contribution in [0.1, 0.15) is 0 Å². The van der Waals surface area contributed by atoms with Crippen LogP contribution in [-0.4, -0.2) is 31.5 Å². The molecule has 4 heteroatoms. The van der Waals surface area contributed by atoms with Crippen LogP contribution in [0.5, 0.6) is 0 Å². The third-order valence-electron chi connectivity index (χ3n) is 1.05. The van der Waals surface area contributed by atoms with Crippen molar-refractivity contribution < 1.29 is 14.6 Å². The van der Waals surface area contributed by atoms with E-state index in [9.17, 15) is 4.79 Å². The van der Waals surface area contributed by atoms with Gasteiger partial charge in [0.1, 0.15) is 6.61 Å². The monoisotopic (exact) mass is 171 g/mol. The number of hydrogen-bond donors (Lipinski definition) is 2. The van der Waals surface area contributed by atoms with Gasteiger partial charge in [0.05, 0.1) is 6.61 Å². The Morgan fingerprint density at radius 2 is 2.42 bits per heavy atom. The summed E-state index contributed by atoms with van der Waals surface area (Å²) in [5.74, 6) is 0. The molecule has 0 spiro atoms. The van der Waals surface area contributed by atoms with Gasteiger partial charge in [-0.15, -0.1) is 0 Å². The molecule has 0 heterocycles. The van der Waals surface area contributed by atoms with Crippen LogP contribution in [0.4, 0.5) is 4.79 Å². The van der Waals surface area contributed by atoms with Crippen molar-refractivity contribution >= 4 is 6.09 Å². The van der Waals surface area contributed by atoms with Crippen LogP contribution < -0.4 is 5.32 Å².